The molecule has 5 atom stereocenters. The van der Waals surface area contributed by atoms with E-state index in [1.54, 1.807) is 20.3 Å². The molecule has 0 heterocycles. The van der Waals surface area contributed by atoms with E-state index in [0.717, 1.165) is 31.2 Å². The van der Waals surface area contributed by atoms with Crippen LogP contribution < -0.4 is 49.1 Å². The SMILES string of the molecule is CCC(C)COc1cc(-c2ccc(OC(C)C)c(OCC(C)CC)c2)c(P(=O)(c2ccccc2)c2cc(OC)c(OCC(C)CC)cc2-c2ccc(OC)c(OCC(C)CC)c2)cc1O. The lowest BCUT2D eigenvalue weighted by atomic mass is 10.0. The van der Waals surface area contributed by atoms with Crippen molar-refractivity contribution in [1.82, 2.24) is 0 Å². The van der Waals surface area contributed by atoms with Crippen molar-refractivity contribution >= 4 is 23.1 Å². The number of hydrogen-bond acceptors (Lipinski definition) is 9. The van der Waals surface area contributed by atoms with Crippen molar-refractivity contribution in [1.29, 1.82) is 0 Å². The van der Waals surface area contributed by atoms with Gasteiger partial charge in [0.1, 0.15) is 0 Å². The molecule has 0 aliphatic rings. The quantitative estimate of drug-likeness (QED) is 0.0574. The van der Waals surface area contributed by atoms with Gasteiger partial charge in [-0.3, -0.25) is 0 Å². The van der Waals surface area contributed by atoms with Crippen LogP contribution in [-0.4, -0.2) is 51.9 Å². The van der Waals surface area contributed by atoms with Gasteiger partial charge >= 0.3 is 0 Å². The van der Waals surface area contributed by atoms with Crippen LogP contribution in [0.3, 0.4) is 0 Å². The van der Waals surface area contributed by atoms with Crippen molar-refractivity contribution in [3.8, 4) is 68.2 Å². The zero-order chi connectivity index (χ0) is 47.3. The lowest BCUT2D eigenvalue weighted by Crippen LogP contribution is -2.28. The summed E-state index contributed by atoms with van der Waals surface area (Å²) in [6, 6.07) is 28.2. The highest BCUT2D eigenvalue weighted by molar-refractivity contribution is 7.85. The predicted octanol–water partition coefficient (Wildman–Crippen LogP) is 12.9. The van der Waals surface area contributed by atoms with Gasteiger partial charge in [-0.25, -0.2) is 0 Å². The number of ether oxygens (including phenoxy) is 7. The van der Waals surface area contributed by atoms with E-state index < -0.39 is 7.14 Å². The highest BCUT2D eigenvalue weighted by atomic mass is 31.2. The lowest BCUT2D eigenvalue weighted by Gasteiger charge is -2.28. The Morgan fingerprint density at radius 3 is 1.35 bits per heavy atom. The number of aromatic hydroxyl groups is 1. The Labute approximate surface area is 389 Å². The Bertz CT molecular complexity index is 2340. The molecule has 0 aromatic heterocycles. The third-order valence-corrected chi connectivity index (χ3v) is 15.3. The smallest absolute Gasteiger partial charge is 0.172 e. The summed E-state index contributed by atoms with van der Waals surface area (Å²) in [5.41, 5.74) is 2.70. The fourth-order valence-corrected chi connectivity index (χ4v) is 10.1. The molecule has 0 amide bonds. The molecule has 0 bridgehead atoms. The molecule has 0 fully saturated rings. The fourth-order valence-electron chi connectivity index (χ4n) is 7.02. The van der Waals surface area contributed by atoms with Gasteiger partial charge in [0, 0.05) is 15.9 Å². The van der Waals surface area contributed by atoms with Crippen LogP contribution >= 0.6 is 7.14 Å². The summed E-state index contributed by atoms with van der Waals surface area (Å²) in [6.45, 7) is 22.9. The summed E-state index contributed by atoms with van der Waals surface area (Å²) in [5, 5.41) is 13.4. The van der Waals surface area contributed by atoms with E-state index in [0.29, 0.717) is 105 Å². The maximum absolute atomic E-state index is 17.3. The summed E-state index contributed by atoms with van der Waals surface area (Å²) in [7, 11) is -0.805. The maximum Gasteiger partial charge on any atom is 0.172 e. The summed E-state index contributed by atoms with van der Waals surface area (Å²) < 4.78 is 61.3. The second-order valence-electron chi connectivity index (χ2n) is 17.8. The first kappa shape index (κ1) is 50.7. The van der Waals surface area contributed by atoms with Gasteiger partial charge < -0.3 is 42.8 Å². The van der Waals surface area contributed by atoms with Crippen LogP contribution in [0.15, 0.2) is 91.0 Å². The van der Waals surface area contributed by atoms with E-state index in [-0.39, 0.29) is 29.4 Å². The molecule has 9 nitrogen and oxygen atoms in total. The zero-order valence-electron chi connectivity index (χ0n) is 40.9. The van der Waals surface area contributed by atoms with E-state index >= 15 is 4.57 Å². The molecule has 0 aliphatic carbocycles. The van der Waals surface area contributed by atoms with Crippen LogP contribution in [-0.2, 0) is 4.57 Å². The third-order valence-electron chi connectivity index (χ3n) is 12.1. The Morgan fingerprint density at radius 2 is 0.892 bits per heavy atom. The summed E-state index contributed by atoms with van der Waals surface area (Å²) in [4.78, 5) is 0. The fraction of sp³-hybridized carbons (Fsp3) is 0.455. The number of hydrogen-bond donors (Lipinski definition) is 1. The molecule has 10 heteroatoms. The molecule has 0 radical (unpaired) electrons. The van der Waals surface area contributed by atoms with Crippen LogP contribution in [0.25, 0.3) is 22.3 Å². The molecule has 0 spiro atoms. The molecule has 1 N–H and O–H groups in total. The molecule has 5 aromatic rings. The molecule has 5 rings (SSSR count). The minimum absolute atomic E-state index is 0.0978. The largest absolute Gasteiger partial charge is 0.504 e. The van der Waals surface area contributed by atoms with E-state index in [2.05, 4.69) is 55.4 Å². The van der Waals surface area contributed by atoms with E-state index in [9.17, 15) is 5.11 Å². The second kappa shape index (κ2) is 23.8. The van der Waals surface area contributed by atoms with Crippen molar-refractivity contribution < 1.29 is 42.8 Å². The number of rotatable bonds is 25. The van der Waals surface area contributed by atoms with Gasteiger partial charge in [0.25, 0.3) is 0 Å². The average Bonchev–Trinajstić information content (AvgIpc) is 3.33. The van der Waals surface area contributed by atoms with Crippen molar-refractivity contribution in [2.75, 3.05) is 40.6 Å². The van der Waals surface area contributed by atoms with E-state index in [1.165, 1.54) is 0 Å². The molecule has 0 aliphatic heterocycles. The zero-order valence-corrected chi connectivity index (χ0v) is 41.8. The summed E-state index contributed by atoms with van der Waals surface area (Å²) in [6.07, 6.45) is 3.65. The monoisotopic (exact) mass is 908 g/mol. The highest BCUT2D eigenvalue weighted by Crippen LogP contribution is 2.52. The van der Waals surface area contributed by atoms with Crippen LogP contribution in [0.1, 0.15) is 94.9 Å². The van der Waals surface area contributed by atoms with Crippen molar-refractivity contribution in [3.63, 3.8) is 0 Å². The van der Waals surface area contributed by atoms with Gasteiger partial charge in [-0.05, 0) is 108 Å². The van der Waals surface area contributed by atoms with Gasteiger partial charge in [-0.15, -0.1) is 0 Å². The van der Waals surface area contributed by atoms with Gasteiger partial charge in [0.05, 0.1) is 46.8 Å². The highest BCUT2D eigenvalue weighted by Gasteiger charge is 2.38. The molecular formula is C55H73O9P. The molecule has 5 aromatic carbocycles. The molecule has 65 heavy (non-hydrogen) atoms. The van der Waals surface area contributed by atoms with Crippen LogP contribution in [0.5, 0.6) is 46.0 Å². The minimum atomic E-state index is -4.03. The van der Waals surface area contributed by atoms with Crippen LogP contribution in [0.2, 0.25) is 0 Å². The number of phenols is 1. The predicted molar refractivity (Wildman–Crippen MR) is 267 cm³/mol. The van der Waals surface area contributed by atoms with Gasteiger partial charge in [0.15, 0.2) is 53.1 Å². The van der Waals surface area contributed by atoms with Gasteiger partial charge in [0.2, 0.25) is 0 Å². The van der Waals surface area contributed by atoms with E-state index in [4.69, 9.17) is 33.2 Å². The molecule has 0 saturated heterocycles. The van der Waals surface area contributed by atoms with Crippen LogP contribution in [0, 0.1) is 23.7 Å². The average molecular weight is 909 g/mol. The first-order valence-electron chi connectivity index (χ1n) is 23.5. The normalized spacial score (nSPS) is 14.2. The Morgan fingerprint density at radius 1 is 0.477 bits per heavy atom. The Hall–Kier alpha value is -5.27. The lowest BCUT2D eigenvalue weighted by molar-refractivity contribution is 0.208. The number of methoxy groups -OCH3 is 2. The third kappa shape index (κ3) is 12.5. The van der Waals surface area contributed by atoms with Crippen molar-refractivity contribution in [3.05, 3.63) is 91.0 Å². The van der Waals surface area contributed by atoms with Crippen LogP contribution in [0.4, 0.5) is 0 Å². The number of benzene rings is 5. The van der Waals surface area contributed by atoms with Gasteiger partial charge in [-0.2, -0.15) is 0 Å². The molecule has 352 valence electrons. The maximum atomic E-state index is 17.3. The summed E-state index contributed by atoms with van der Waals surface area (Å²) >= 11 is 0. The minimum Gasteiger partial charge on any atom is -0.504 e. The topological polar surface area (TPSA) is 102 Å². The van der Waals surface area contributed by atoms with Gasteiger partial charge in [-0.1, -0.05) is 124 Å². The molecule has 0 saturated carbocycles. The first-order valence-corrected chi connectivity index (χ1v) is 25.2. The second-order valence-corrected chi connectivity index (χ2v) is 20.5. The number of phenolic OH excluding ortho intramolecular Hbond substituents is 1. The Balaban J connectivity index is 1.91. The van der Waals surface area contributed by atoms with E-state index in [1.807, 2.05) is 98.8 Å². The molecule has 5 unspecified atom stereocenters. The molecular weight excluding hydrogens is 836 g/mol. The standard InChI is InChI=1S/C55H73O9P/c1-13-37(7)32-60-49-28-44(42-23-25-48(64-36(5)6)52(27-42)62-34-39(9)15-3)54(30-46(49)56)65(57,43-20-18-17-19-21-43)55-31-50(59-12)53(63-35-40(10)16-4)29-45(55)41-22-24-47(58-11)51(26-41)61-33-38(8)14-2/h17-31,36-40,56H,13-16,32-35H2,1-12H3. The first-order chi connectivity index (χ1) is 31.2. The van der Waals surface area contributed by atoms with Crippen molar-refractivity contribution in [2.24, 2.45) is 23.7 Å². The van der Waals surface area contributed by atoms with Crippen molar-refractivity contribution in [2.45, 2.75) is 101 Å². The summed E-state index contributed by atoms with van der Waals surface area (Å²) in [5.74, 6) is 4.58. The Kier molecular flexibility index (Phi) is 18.6.